The Balaban J connectivity index is 2.18. The second-order valence-electron chi connectivity index (χ2n) is 5.20. The molecule has 1 fully saturated rings. The van der Waals surface area contributed by atoms with E-state index in [1.165, 1.54) is 0 Å². The van der Waals surface area contributed by atoms with Crippen LogP contribution in [0.25, 0.3) is 0 Å². The highest BCUT2D eigenvalue weighted by Crippen LogP contribution is 2.37. The third-order valence-electron chi connectivity index (χ3n) is 3.89. The summed E-state index contributed by atoms with van der Waals surface area (Å²) in [5.41, 5.74) is 0.374. The third kappa shape index (κ3) is 2.37. The van der Waals surface area contributed by atoms with Gasteiger partial charge in [0.1, 0.15) is 0 Å². The Morgan fingerprint density at radius 1 is 1.29 bits per heavy atom. The molecule has 94 valence electrons. The van der Waals surface area contributed by atoms with Gasteiger partial charge in [0.25, 0.3) is 0 Å². The zero-order valence-corrected chi connectivity index (χ0v) is 10.9. The summed E-state index contributed by atoms with van der Waals surface area (Å²) in [5, 5.41) is 15.3. The van der Waals surface area contributed by atoms with Crippen LogP contribution in [0.1, 0.15) is 18.9 Å². The highest BCUT2D eigenvalue weighted by Gasteiger charge is 2.40. The van der Waals surface area contributed by atoms with E-state index in [0.717, 1.165) is 25.1 Å². The molecule has 1 aliphatic heterocycles. The molecule has 0 spiro atoms. The van der Waals surface area contributed by atoms with Crippen LogP contribution in [0.3, 0.4) is 0 Å². The molecule has 0 aromatic heterocycles. The molecule has 0 saturated carbocycles. The fourth-order valence-corrected chi connectivity index (χ4v) is 2.62. The van der Waals surface area contributed by atoms with Crippen LogP contribution in [0.5, 0.6) is 0 Å². The number of benzene rings is 1. The molecule has 3 heteroatoms. The third-order valence-corrected chi connectivity index (χ3v) is 3.89. The predicted molar refractivity (Wildman–Crippen MR) is 69.4 cm³/mol. The molecule has 1 heterocycles. The van der Waals surface area contributed by atoms with Crippen molar-refractivity contribution in [2.75, 3.05) is 27.2 Å². The lowest BCUT2D eigenvalue weighted by Crippen LogP contribution is -2.52. The second kappa shape index (κ2) is 4.77. The van der Waals surface area contributed by atoms with E-state index in [1.54, 1.807) is 0 Å². The van der Waals surface area contributed by atoms with Gasteiger partial charge < -0.3 is 5.11 Å². The minimum Gasteiger partial charge on any atom is -0.385 e. The van der Waals surface area contributed by atoms with E-state index in [-0.39, 0.29) is 5.92 Å². The van der Waals surface area contributed by atoms with Gasteiger partial charge in [-0.05, 0) is 12.0 Å². The Morgan fingerprint density at radius 2 is 1.94 bits per heavy atom. The zero-order valence-electron chi connectivity index (χ0n) is 10.9. The van der Waals surface area contributed by atoms with Gasteiger partial charge in [-0.2, -0.15) is 0 Å². The van der Waals surface area contributed by atoms with Gasteiger partial charge in [0.15, 0.2) is 0 Å². The minimum absolute atomic E-state index is 0.237. The number of hydrogen-bond donors (Lipinski definition) is 1. The van der Waals surface area contributed by atoms with Gasteiger partial charge in [0.2, 0.25) is 0 Å². The summed E-state index contributed by atoms with van der Waals surface area (Å²) >= 11 is 0. The molecular weight excluding hydrogens is 212 g/mol. The maximum absolute atomic E-state index is 10.9. The van der Waals surface area contributed by atoms with Crippen LogP contribution >= 0.6 is 0 Å². The molecule has 0 unspecified atom stereocenters. The van der Waals surface area contributed by atoms with Gasteiger partial charge in [0, 0.05) is 33.1 Å². The summed E-state index contributed by atoms with van der Waals surface area (Å²) < 4.78 is 0. The molecule has 0 aliphatic carbocycles. The Bertz CT molecular complexity index is 366. The number of aliphatic hydroxyl groups is 1. The van der Waals surface area contributed by atoms with Crippen molar-refractivity contribution in [3.8, 4) is 0 Å². The lowest BCUT2D eigenvalue weighted by atomic mass is 9.77. The van der Waals surface area contributed by atoms with Crippen LogP contribution in [0, 0.1) is 5.92 Å². The van der Waals surface area contributed by atoms with E-state index >= 15 is 0 Å². The van der Waals surface area contributed by atoms with E-state index < -0.39 is 5.60 Å². The summed E-state index contributed by atoms with van der Waals surface area (Å²) in [6.45, 7) is 3.93. The maximum atomic E-state index is 10.9. The summed E-state index contributed by atoms with van der Waals surface area (Å²) in [6.07, 6.45) is 0.788. The van der Waals surface area contributed by atoms with Crippen molar-refractivity contribution >= 4 is 0 Å². The van der Waals surface area contributed by atoms with Gasteiger partial charge in [-0.15, -0.1) is 0 Å². The minimum atomic E-state index is -0.673. The molecule has 1 saturated heterocycles. The largest absolute Gasteiger partial charge is 0.385 e. The molecule has 2 rings (SSSR count). The average Bonchev–Trinajstić information content (AvgIpc) is 2.33. The van der Waals surface area contributed by atoms with E-state index in [1.807, 2.05) is 30.3 Å². The molecule has 1 aliphatic rings. The molecular formula is C14H22N2O. The Morgan fingerprint density at radius 3 is 2.47 bits per heavy atom. The van der Waals surface area contributed by atoms with Crippen LogP contribution in [-0.2, 0) is 5.60 Å². The highest BCUT2D eigenvalue weighted by molar-refractivity contribution is 5.24. The summed E-state index contributed by atoms with van der Waals surface area (Å²) in [4.78, 5) is 0. The zero-order chi connectivity index (χ0) is 12.5. The molecule has 0 amide bonds. The first kappa shape index (κ1) is 12.6. The second-order valence-corrected chi connectivity index (χ2v) is 5.20. The van der Waals surface area contributed by atoms with Crippen molar-refractivity contribution in [1.82, 2.24) is 10.0 Å². The smallest absolute Gasteiger partial charge is 0.0947 e. The van der Waals surface area contributed by atoms with Gasteiger partial charge in [-0.1, -0.05) is 37.3 Å². The normalized spacial score (nSPS) is 30.8. The molecule has 0 radical (unpaired) electrons. The molecule has 2 atom stereocenters. The number of nitrogens with zero attached hydrogens (tertiary/aromatic N) is 2. The molecule has 17 heavy (non-hydrogen) atoms. The topological polar surface area (TPSA) is 26.7 Å². The number of hydrogen-bond acceptors (Lipinski definition) is 3. The maximum Gasteiger partial charge on any atom is 0.0947 e. The summed E-state index contributed by atoms with van der Waals surface area (Å²) in [7, 11) is 4.11. The van der Waals surface area contributed by atoms with Gasteiger partial charge in [-0.25, -0.2) is 10.0 Å². The van der Waals surface area contributed by atoms with E-state index in [2.05, 4.69) is 31.0 Å². The fourth-order valence-electron chi connectivity index (χ4n) is 2.62. The number of piperidine rings is 1. The van der Waals surface area contributed by atoms with E-state index in [0.29, 0.717) is 0 Å². The SMILES string of the molecule is C[C@H]1CN(N(C)C)CC[C@@]1(O)c1ccccc1. The van der Waals surface area contributed by atoms with Crippen molar-refractivity contribution in [1.29, 1.82) is 0 Å². The number of rotatable bonds is 2. The van der Waals surface area contributed by atoms with Crippen LogP contribution in [-0.4, -0.2) is 42.3 Å². The van der Waals surface area contributed by atoms with Gasteiger partial charge in [-0.3, -0.25) is 0 Å². The first-order valence-corrected chi connectivity index (χ1v) is 6.24. The molecule has 1 N–H and O–H groups in total. The average molecular weight is 234 g/mol. The van der Waals surface area contributed by atoms with Gasteiger partial charge >= 0.3 is 0 Å². The summed E-state index contributed by atoms with van der Waals surface area (Å²) in [6, 6.07) is 10.0. The first-order valence-electron chi connectivity index (χ1n) is 6.24. The lowest BCUT2D eigenvalue weighted by molar-refractivity contribution is -0.118. The lowest BCUT2D eigenvalue weighted by Gasteiger charge is -2.45. The Hall–Kier alpha value is -0.900. The van der Waals surface area contributed by atoms with E-state index in [9.17, 15) is 5.11 Å². The van der Waals surface area contributed by atoms with Crippen LogP contribution in [0.15, 0.2) is 30.3 Å². The van der Waals surface area contributed by atoms with Crippen LogP contribution in [0.2, 0.25) is 0 Å². The van der Waals surface area contributed by atoms with Crippen molar-refractivity contribution in [2.45, 2.75) is 18.9 Å². The van der Waals surface area contributed by atoms with Crippen molar-refractivity contribution in [3.05, 3.63) is 35.9 Å². The van der Waals surface area contributed by atoms with Crippen molar-refractivity contribution in [3.63, 3.8) is 0 Å². The van der Waals surface area contributed by atoms with Crippen LogP contribution in [0.4, 0.5) is 0 Å². The van der Waals surface area contributed by atoms with E-state index in [4.69, 9.17) is 0 Å². The molecule has 3 nitrogen and oxygen atoms in total. The quantitative estimate of drug-likeness (QED) is 0.843. The fraction of sp³-hybridized carbons (Fsp3) is 0.571. The predicted octanol–water partition coefficient (Wildman–Crippen LogP) is 1.69. The molecule has 1 aromatic rings. The first-order chi connectivity index (χ1) is 8.04. The summed E-state index contributed by atoms with van der Waals surface area (Å²) in [5.74, 6) is 0.237. The highest BCUT2D eigenvalue weighted by atomic mass is 16.3. The van der Waals surface area contributed by atoms with Crippen molar-refractivity contribution < 1.29 is 5.11 Å². The standard InChI is InChI=1S/C14H22N2O/c1-12-11-16(15(2)3)10-9-14(12,17)13-7-5-4-6-8-13/h4-8,12,17H,9-11H2,1-3H3/t12-,14-/m0/s1. The number of hydrazine groups is 1. The van der Waals surface area contributed by atoms with Crippen LogP contribution < -0.4 is 0 Å². The molecule has 0 bridgehead atoms. The van der Waals surface area contributed by atoms with Gasteiger partial charge in [0.05, 0.1) is 5.60 Å². The molecule has 1 aromatic carbocycles. The van der Waals surface area contributed by atoms with Crippen molar-refractivity contribution in [2.24, 2.45) is 5.92 Å². The monoisotopic (exact) mass is 234 g/mol. The Labute approximate surface area is 104 Å². The Kier molecular flexibility index (Phi) is 3.52.